The molecule has 0 aliphatic rings. The van der Waals surface area contributed by atoms with E-state index in [1.54, 1.807) is 19.5 Å². The predicted molar refractivity (Wildman–Crippen MR) is 92.3 cm³/mol. The number of halogens is 2. The molecule has 2 aromatic heterocycles. The first kappa shape index (κ1) is 17.3. The molecular formula is C17H17F2N3O2S. The Kier molecular flexibility index (Phi) is 4.47. The maximum Gasteiger partial charge on any atom is 0.279 e. The minimum atomic E-state index is -2.95. The van der Waals surface area contributed by atoms with E-state index in [0.29, 0.717) is 5.75 Å². The lowest BCUT2D eigenvalue weighted by atomic mass is 10.1. The Balaban J connectivity index is 1.84. The zero-order valence-corrected chi connectivity index (χ0v) is 14.8. The Hall–Kier alpha value is -2.48. The summed E-state index contributed by atoms with van der Waals surface area (Å²) in [4.78, 5) is 16.5. The smallest absolute Gasteiger partial charge is 0.279 e. The van der Waals surface area contributed by atoms with Crippen molar-refractivity contribution in [3.63, 3.8) is 0 Å². The highest BCUT2D eigenvalue weighted by Crippen LogP contribution is 2.32. The first-order valence-corrected chi connectivity index (χ1v) is 8.41. The van der Waals surface area contributed by atoms with Crippen molar-refractivity contribution in [2.75, 3.05) is 7.11 Å². The number of ether oxygens (including phenoxy) is 1. The Morgan fingerprint density at radius 1 is 1.44 bits per heavy atom. The molecule has 0 atom stereocenters. The Bertz CT molecular complexity index is 928. The lowest BCUT2D eigenvalue weighted by Gasteiger charge is -2.12. The number of amides is 1. The van der Waals surface area contributed by atoms with Gasteiger partial charge in [-0.15, -0.1) is 11.3 Å². The van der Waals surface area contributed by atoms with Crippen molar-refractivity contribution < 1.29 is 18.3 Å². The molecule has 0 saturated heterocycles. The highest BCUT2D eigenvalue weighted by molar-refractivity contribution is 7.10. The van der Waals surface area contributed by atoms with Crippen molar-refractivity contribution in [2.24, 2.45) is 7.05 Å². The number of carbonyl (C=O) groups excluding carboxylic acids is 1. The largest absolute Gasteiger partial charge is 0.496 e. The zero-order valence-electron chi connectivity index (χ0n) is 14.0. The van der Waals surface area contributed by atoms with Gasteiger partial charge in [0.25, 0.3) is 11.8 Å². The van der Waals surface area contributed by atoms with Gasteiger partial charge in [-0.05, 0) is 18.2 Å². The molecule has 1 N–H and O–H groups in total. The third kappa shape index (κ3) is 3.34. The van der Waals surface area contributed by atoms with E-state index in [9.17, 15) is 13.6 Å². The number of fused-ring (bicyclic) bond motifs is 1. The van der Waals surface area contributed by atoms with E-state index < -0.39 is 11.8 Å². The van der Waals surface area contributed by atoms with E-state index in [1.807, 2.05) is 17.7 Å². The molecule has 2 heterocycles. The molecule has 3 rings (SSSR count). The SMILES string of the molecule is COc1ccc2ncn(C)c2c1CNC(=O)c1csc(C(C)(F)F)c1. The van der Waals surface area contributed by atoms with Crippen molar-refractivity contribution >= 4 is 28.3 Å². The molecule has 0 unspecified atom stereocenters. The Morgan fingerprint density at radius 2 is 2.20 bits per heavy atom. The standard InChI is InChI=1S/C17H17F2N3O2S/c1-17(18,19)14-6-10(8-25-14)16(23)20-7-11-13(24-3)5-4-12-15(11)22(2)9-21-12/h4-6,8-9H,7H2,1-3H3,(H,20,23). The van der Waals surface area contributed by atoms with Gasteiger partial charge in [-0.3, -0.25) is 4.79 Å². The summed E-state index contributed by atoms with van der Waals surface area (Å²) >= 11 is 0.871. The van der Waals surface area contributed by atoms with Crippen LogP contribution in [0.3, 0.4) is 0 Å². The lowest BCUT2D eigenvalue weighted by Crippen LogP contribution is -2.23. The van der Waals surface area contributed by atoms with Gasteiger partial charge in [0.2, 0.25) is 0 Å². The molecule has 0 aliphatic heterocycles. The van der Waals surface area contributed by atoms with E-state index in [4.69, 9.17) is 4.74 Å². The van der Waals surface area contributed by atoms with Crippen molar-refractivity contribution in [3.05, 3.63) is 45.9 Å². The van der Waals surface area contributed by atoms with Gasteiger partial charge in [-0.25, -0.2) is 13.8 Å². The summed E-state index contributed by atoms with van der Waals surface area (Å²) in [6, 6.07) is 4.85. The van der Waals surface area contributed by atoms with Crippen LogP contribution in [0.25, 0.3) is 11.0 Å². The van der Waals surface area contributed by atoms with Gasteiger partial charge in [0, 0.05) is 31.5 Å². The van der Waals surface area contributed by atoms with Crippen LogP contribution in [0, 0.1) is 0 Å². The molecule has 3 aromatic rings. The average Bonchev–Trinajstić information content (AvgIpc) is 3.19. The molecule has 0 saturated carbocycles. The molecule has 0 radical (unpaired) electrons. The minimum absolute atomic E-state index is 0.135. The number of hydrogen-bond acceptors (Lipinski definition) is 4. The minimum Gasteiger partial charge on any atom is -0.496 e. The molecule has 1 amide bonds. The average molecular weight is 365 g/mol. The van der Waals surface area contributed by atoms with E-state index in [1.165, 1.54) is 11.4 Å². The number of methoxy groups -OCH3 is 1. The molecule has 0 spiro atoms. The maximum absolute atomic E-state index is 13.3. The summed E-state index contributed by atoms with van der Waals surface area (Å²) in [5.74, 6) is -2.73. The molecule has 0 bridgehead atoms. The number of rotatable bonds is 5. The van der Waals surface area contributed by atoms with Crippen LogP contribution in [0.5, 0.6) is 5.75 Å². The quantitative estimate of drug-likeness (QED) is 0.750. The van der Waals surface area contributed by atoms with Crippen LogP contribution >= 0.6 is 11.3 Å². The summed E-state index contributed by atoms with van der Waals surface area (Å²) in [6.07, 6.45) is 1.68. The van der Waals surface area contributed by atoms with E-state index >= 15 is 0 Å². The van der Waals surface area contributed by atoms with Crippen LogP contribution in [0.2, 0.25) is 0 Å². The molecule has 8 heteroatoms. The number of hydrogen-bond donors (Lipinski definition) is 1. The number of imidazole rings is 1. The van der Waals surface area contributed by atoms with Crippen LogP contribution in [-0.4, -0.2) is 22.6 Å². The monoisotopic (exact) mass is 365 g/mol. The fourth-order valence-corrected chi connectivity index (χ4v) is 3.46. The van der Waals surface area contributed by atoms with E-state index in [-0.39, 0.29) is 17.0 Å². The molecule has 5 nitrogen and oxygen atoms in total. The van der Waals surface area contributed by atoms with Gasteiger partial charge in [0.15, 0.2) is 0 Å². The van der Waals surface area contributed by atoms with Gasteiger partial charge in [0.05, 0.1) is 34.9 Å². The summed E-state index contributed by atoms with van der Waals surface area (Å²) in [5.41, 5.74) is 2.64. The van der Waals surface area contributed by atoms with Crippen LogP contribution in [0.1, 0.15) is 27.7 Å². The van der Waals surface area contributed by atoms with Crippen molar-refractivity contribution in [3.8, 4) is 5.75 Å². The number of thiophene rings is 1. The number of aromatic nitrogens is 2. The summed E-state index contributed by atoms with van der Waals surface area (Å²) < 4.78 is 33.9. The Labute approximate surface area is 147 Å². The van der Waals surface area contributed by atoms with Gasteiger partial charge in [-0.2, -0.15) is 0 Å². The highest BCUT2D eigenvalue weighted by Gasteiger charge is 2.27. The topological polar surface area (TPSA) is 56.1 Å². The van der Waals surface area contributed by atoms with Crippen LogP contribution < -0.4 is 10.1 Å². The van der Waals surface area contributed by atoms with Crippen molar-refractivity contribution in [1.82, 2.24) is 14.9 Å². The summed E-state index contributed by atoms with van der Waals surface area (Å²) in [7, 11) is 3.41. The molecular weight excluding hydrogens is 348 g/mol. The number of nitrogens with zero attached hydrogens (tertiary/aromatic N) is 2. The molecule has 1 aromatic carbocycles. The van der Waals surface area contributed by atoms with Crippen molar-refractivity contribution in [1.29, 1.82) is 0 Å². The molecule has 25 heavy (non-hydrogen) atoms. The number of nitrogens with one attached hydrogen (secondary N) is 1. The second-order valence-electron chi connectivity index (χ2n) is 5.74. The first-order valence-electron chi connectivity index (χ1n) is 7.53. The third-order valence-corrected chi connectivity index (χ3v) is 4.98. The van der Waals surface area contributed by atoms with Gasteiger partial charge in [-0.1, -0.05) is 0 Å². The maximum atomic E-state index is 13.3. The number of alkyl halides is 2. The fraction of sp³-hybridized carbons (Fsp3) is 0.294. The van der Waals surface area contributed by atoms with Gasteiger partial charge >= 0.3 is 0 Å². The lowest BCUT2D eigenvalue weighted by molar-refractivity contribution is 0.0215. The van der Waals surface area contributed by atoms with Crippen molar-refractivity contribution in [2.45, 2.75) is 19.4 Å². The molecule has 0 fully saturated rings. The van der Waals surface area contributed by atoms with Crippen LogP contribution in [-0.2, 0) is 19.5 Å². The van der Waals surface area contributed by atoms with Crippen LogP contribution in [0.15, 0.2) is 29.9 Å². The number of carbonyl (C=O) groups is 1. The number of benzene rings is 1. The highest BCUT2D eigenvalue weighted by atomic mass is 32.1. The number of aryl methyl sites for hydroxylation is 1. The third-order valence-electron chi connectivity index (χ3n) is 3.88. The summed E-state index contributed by atoms with van der Waals surface area (Å²) in [5, 5.41) is 4.20. The zero-order chi connectivity index (χ0) is 18.2. The van der Waals surface area contributed by atoms with E-state index in [2.05, 4.69) is 10.3 Å². The normalized spacial score (nSPS) is 11.7. The van der Waals surface area contributed by atoms with E-state index in [0.717, 1.165) is 34.9 Å². The second kappa shape index (κ2) is 6.44. The predicted octanol–water partition coefficient (Wildman–Crippen LogP) is 3.69. The van der Waals surface area contributed by atoms with Gasteiger partial charge in [0.1, 0.15) is 5.75 Å². The van der Waals surface area contributed by atoms with Crippen LogP contribution in [0.4, 0.5) is 8.78 Å². The second-order valence-corrected chi connectivity index (χ2v) is 6.65. The first-order chi connectivity index (χ1) is 11.8. The molecule has 0 aliphatic carbocycles. The fourth-order valence-electron chi connectivity index (χ4n) is 2.63. The Morgan fingerprint density at radius 3 is 2.84 bits per heavy atom. The molecule has 132 valence electrons. The van der Waals surface area contributed by atoms with Gasteiger partial charge < -0.3 is 14.6 Å². The summed E-state index contributed by atoms with van der Waals surface area (Å²) in [6.45, 7) is 1.01.